The number of sulfonamides is 1. The minimum absolute atomic E-state index is 0.0581. The second kappa shape index (κ2) is 8.83. The van der Waals surface area contributed by atoms with E-state index in [0.29, 0.717) is 33.3 Å². The highest BCUT2D eigenvalue weighted by Crippen LogP contribution is 2.31. The molecule has 7 nitrogen and oxygen atoms in total. The summed E-state index contributed by atoms with van der Waals surface area (Å²) in [5.41, 5.74) is 1.61. The normalized spacial score (nSPS) is 15.6. The van der Waals surface area contributed by atoms with Crippen LogP contribution in [0.1, 0.15) is 5.56 Å². The van der Waals surface area contributed by atoms with Gasteiger partial charge in [-0.2, -0.15) is 0 Å². The summed E-state index contributed by atoms with van der Waals surface area (Å²) in [7, 11) is -3.80. The lowest BCUT2D eigenvalue weighted by molar-refractivity contribution is 0.0943. The predicted molar refractivity (Wildman–Crippen MR) is 128 cm³/mol. The van der Waals surface area contributed by atoms with Crippen LogP contribution in [0.25, 0.3) is 10.2 Å². The van der Waals surface area contributed by atoms with Crippen LogP contribution >= 0.6 is 22.9 Å². The van der Waals surface area contributed by atoms with Crippen molar-refractivity contribution >= 4 is 43.2 Å². The Labute approximate surface area is 199 Å². The maximum atomic E-state index is 12.9. The molecule has 3 aromatic carbocycles. The number of fused-ring (bicyclic) bond motifs is 2. The zero-order valence-electron chi connectivity index (χ0n) is 17.2. The Hall–Kier alpha value is -2.85. The fraction of sp³-hybridized carbons (Fsp3) is 0.174. The first-order valence-corrected chi connectivity index (χ1v) is 12.8. The summed E-state index contributed by atoms with van der Waals surface area (Å²) in [6.45, 7) is 0.678. The van der Waals surface area contributed by atoms with Gasteiger partial charge < -0.3 is 9.47 Å². The van der Waals surface area contributed by atoms with E-state index in [-0.39, 0.29) is 22.9 Å². The summed E-state index contributed by atoms with van der Waals surface area (Å²) in [6, 6.07) is 19.2. The number of para-hydroxylation sites is 2. The summed E-state index contributed by atoms with van der Waals surface area (Å²) in [4.78, 5) is 12.5. The first kappa shape index (κ1) is 22.0. The summed E-state index contributed by atoms with van der Waals surface area (Å²) < 4.78 is 42.0. The molecule has 1 aliphatic heterocycles. The van der Waals surface area contributed by atoms with E-state index in [1.54, 1.807) is 34.9 Å². The predicted octanol–water partition coefficient (Wildman–Crippen LogP) is 3.88. The summed E-state index contributed by atoms with van der Waals surface area (Å²) in [6.07, 6.45) is -0.449. The van der Waals surface area contributed by atoms with Crippen LogP contribution in [0, 0.1) is 0 Å². The van der Waals surface area contributed by atoms with Crippen molar-refractivity contribution in [3.05, 3.63) is 87.0 Å². The van der Waals surface area contributed by atoms with Crippen molar-refractivity contribution in [2.24, 2.45) is 0 Å². The molecule has 1 aliphatic rings. The summed E-state index contributed by atoms with van der Waals surface area (Å²) in [5.74, 6) is 1.22. The minimum atomic E-state index is -3.80. The van der Waals surface area contributed by atoms with E-state index in [2.05, 4.69) is 4.72 Å². The summed E-state index contributed by atoms with van der Waals surface area (Å²) >= 11 is 6.95. The number of ether oxygens (including phenoxy) is 2. The number of hydrogen-bond acceptors (Lipinski definition) is 6. The Bertz CT molecular complexity index is 1480. The van der Waals surface area contributed by atoms with E-state index < -0.39 is 16.1 Å². The van der Waals surface area contributed by atoms with E-state index in [9.17, 15) is 13.2 Å². The van der Waals surface area contributed by atoms with Gasteiger partial charge in [-0.1, -0.05) is 47.2 Å². The van der Waals surface area contributed by atoms with Crippen LogP contribution in [0.15, 0.2) is 76.4 Å². The molecule has 1 aromatic heterocycles. The number of nitrogens with zero attached hydrogens (tertiary/aromatic N) is 1. The van der Waals surface area contributed by atoms with Crippen LogP contribution in [-0.2, 0) is 16.6 Å². The zero-order valence-corrected chi connectivity index (χ0v) is 19.6. The average Bonchev–Trinajstić information content (AvgIpc) is 3.13. The zero-order chi connectivity index (χ0) is 23.0. The molecule has 0 radical (unpaired) electrons. The Morgan fingerprint density at radius 2 is 1.82 bits per heavy atom. The maximum Gasteiger partial charge on any atom is 0.308 e. The number of rotatable bonds is 6. The van der Waals surface area contributed by atoms with E-state index in [1.165, 1.54) is 12.1 Å². The van der Waals surface area contributed by atoms with Gasteiger partial charge in [0.1, 0.15) is 12.7 Å². The monoisotopic (exact) mass is 502 g/mol. The maximum absolute atomic E-state index is 12.9. The standard InChI is InChI=1S/C23H19ClN2O5S2/c24-16-7-5-15(6-8-16)13-26-19-10-9-18(11-22(19)32-23(26)27)33(28,29)25-12-17-14-30-20-3-1-2-4-21(20)31-17/h1-11,17,25H,12-14H2. The smallest absolute Gasteiger partial charge is 0.308 e. The van der Waals surface area contributed by atoms with Gasteiger partial charge in [0.25, 0.3) is 0 Å². The van der Waals surface area contributed by atoms with Crippen molar-refractivity contribution < 1.29 is 17.9 Å². The van der Waals surface area contributed by atoms with Gasteiger partial charge in [0.2, 0.25) is 10.0 Å². The van der Waals surface area contributed by atoms with E-state index in [0.717, 1.165) is 16.9 Å². The van der Waals surface area contributed by atoms with Crippen LogP contribution in [0.2, 0.25) is 5.02 Å². The molecule has 1 N–H and O–H groups in total. The molecule has 0 fully saturated rings. The van der Waals surface area contributed by atoms with Crippen LogP contribution < -0.4 is 19.1 Å². The van der Waals surface area contributed by atoms with E-state index >= 15 is 0 Å². The van der Waals surface area contributed by atoms with Crippen molar-refractivity contribution in [2.45, 2.75) is 17.5 Å². The molecule has 0 aliphatic carbocycles. The molecule has 170 valence electrons. The van der Waals surface area contributed by atoms with Crippen LogP contribution in [0.3, 0.4) is 0 Å². The lowest BCUT2D eigenvalue weighted by Gasteiger charge is -2.26. The molecule has 33 heavy (non-hydrogen) atoms. The van der Waals surface area contributed by atoms with Crippen molar-refractivity contribution in [1.82, 2.24) is 9.29 Å². The number of aromatic nitrogens is 1. The van der Waals surface area contributed by atoms with Gasteiger partial charge in [0.05, 0.1) is 28.2 Å². The first-order chi connectivity index (χ1) is 15.9. The molecule has 1 unspecified atom stereocenters. The second-order valence-corrected chi connectivity index (χ2v) is 10.8. The Kier molecular flexibility index (Phi) is 5.88. The number of thiazole rings is 1. The van der Waals surface area contributed by atoms with Gasteiger partial charge in [-0.25, -0.2) is 13.1 Å². The molecule has 5 rings (SSSR count). The molecule has 0 saturated carbocycles. The molecule has 0 saturated heterocycles. The fourth-order valence-electron chi connectivity index (χ4n) is 3.59. The number of halogens is 1. The van der Waals surface area contributed by atoms with E-state index in [4.69, 9.17) is 21.1 Å². The molecule has 1 atom stereocenters. The third-order valence-corrected chi connectivity index (χ3v) is 7.89. The molecular formula is C23H19ClN2O5S2. The lowest BCUT2D eigenvalue weighted by atomic mass is 10.2. The highest BCUT2D eigenvalue weighted by molar-refractivity contribution is 7.89. The van der Waals surface area contributed by atoms with Gasteiger partial charge in [-0.3, -0.25) is 9.36 Å². The number of nitrogens with one attached hydrogen (secondary N) is 1. The highest BCUT2D eigenvalue weighted by atomic mass is 35.5. The van der Waals surface area contributed by atoms with Crippen LogP contribution in [0.5, 0.6) is 11.5 Å². The topological polar surface area (TPSA) is 86.6 Å². The van der Waals surface area contributed by atoms with Gasteiger partial charge in [-0.05, 0) is 48.0 Å². The Morgan fingerprint density at radius 1 is 1.06 bits per heavy atom. The molecule has 0 spiro atoms. The van der Waals surface area contributed by atoms with Gasteiger partial charge in [0, 0.05) is 5.02 Å². The molecule has 0 bridgehead atoms. The van der Waals surface area contributed by atoms with Crippen LogP contribution in [0.4, 0.5) is 0 Å². The Morgan fingerprint density at radius 3 is 2.61 bits per heavy atom. The quantitative estimate of drug-likeness (QED) is 0.432. The largest absolute Gasteiger partial charge is 0.486 e. The highest BCUT2D eigenvalue weighted by Gasteiger charge is 2.24. The van der Waals surface area contributed by atoms with E-state index in [1.807, 2.05) is 24.3 Å². The summed E-state index contributed by atoms with van der Waals surface area (Å²) in [5, 5.41) is 0.623. The van der Waals surface area contributed by atoms with Gasteiger partial charge in [0.15, 0.2) is 11.5 Å². The van der Waals surface area contributed by atoms with Crippen molar-refractivity contribution in [3.63, 3.8) is 0 Å². The fourth-order valence-corrected chi connectivity index (χ4v) is 5.81. The number of benzene rings is 3. The Balaban J connectivity index is 1.33. The SMILES string of the molecule is O=c1sc2cc(S(=O)(=O)NCC3COc4ccccc4O3)ccc2n1Cc1ccc(Cl)cc1. The lowest BCUT2D eigenvalue weighted by Crippen LogP contribution is -2.40. The average molecular weight is 503 g/mol. The minimum Gasteiger partial charge on any atom is -0.486 e. The first-order valence-electron chi connectivity index (χ1n) is 10.1. The van der Waals surface area contributed by atoms with Crippen molar-refractivity contribution in [1.29, 1.82) is 0 Å². The number of hydrogen-bond donors (Lipinski definition) is 1. The third kappa shape index (κ3) is 4.63. The van der Waals surface area contributed by atoms with Gasteiger partial charge in [-0.15, -0.1) is 0 Å². The van der Waals surface area contributed by atoms with Crippen LogP contribution in [-0.4, -0.2) is 32.2 Å². The second-order valence-electron chi connectivity index (χ2n) is 7.56. The van der Waals surface area contributed by atoms with Crippen molar-refractivity contribution in [2.75, 3.05) is 13.2 Å². The molecule has 10 heteroatoms. The molecule has 2 heterocycles. The van der Waals surface area contributed by atoms with Crippen molar-refractivity contribution in [3.8, 4) is 11.5 Å². The third-order valence-electron chi connectivity index (χ3n) is 5.27. The molecule has 0 amide bonds. The molecular weight excluding hydrogens is 484 g/mol. The van der Waals surface area contributed by atoms with Gasteiger partial charge >= 0.3 is 4.87 Å². The molecule has 4 aromatic rings.